The predicted molar refractivity (Wildman–Crippen MR) is 94.8 cm³/mol. The van der Waals surface area contributed by atoms with Crippen LogP contribution in [0.1, 0.15) is 54.4 Å². The van der Waals surface area contributed by atoms with E-state index in [0.717, 1.165) is 6.42 Å². The van der Waals surface area contributed by atoms with Crippen molar-refractivity contribution in [3.63, 3.8) is 0 Å². The molecule has 2 N–H and O–H groups in total. The van der Waals surface area contributed by atoms with Crippen molar-refractivity contribution in [1.29, 1.82) is 0 Å². The van der Waals surface area contributed by atoms with Crippen LogP contribution in [0.15, 0.2) is 0 Å². The van der Waals surface area contributed by atoms with Gasteiger partial charge in [-0.1, -0.05) is 27.2 Å². The number of rotatable bonds is 9. The van der Waals surface area contributed by atoms with Crippen molar-refractivity contribution >= 4 is 17.6 Å². The van der Waals surface area contributed by atoms with Crippen molar-refractivity contribution in [2.24, 2.45) is 0 Å². The van der Waals surface area contributed by atoms with Gasteiger partial charge in [0.25, 0.3) is 0 Å². The van der Waals surface area contributed by atoms with Crippen LogP contribution >= 0.6 is 0 Å². The van der Waals surface area contributed by atoms with Gasteiger partial charge < -0.3 is 27.3 Å². The third-order valence-electron chi connectivity index (χ3n) is 1.81. The lowest BCUT2D eigenvalue weighted by Gasteiger charge is -2.18. The van der Waals surface area contributed by atoms with E-state index in [0.29, 0.717) is 26.4 Å². The Morgan fingerprint density at radius 2 is 0.909 bits per heavy atom. The van der Waals surface area contributed by atoms with Crippen LogP contribution in [-0.2, 0) is 17.7 Å². The maximum Gasteiger partial charge on any atom is 0.494 e. The summed E-state index contributed by atoms with van der Waals surface area (Å²) in [5.74, 6) is 0. The van der Waals surface area contributed by atoms with Gasteiger partial charge in [-0.3, -0.25) is 0 Å². The van der Waals surface area contributed by atoms with Gasteiger partial charge in [-0.15, -0.1) is 0 Å². The largest absolute Gasteiger partial charge is 0.494 e. The van der Waals surface area contributed by atoms with Crippen molar-refractivity contribution in [2.45, 2.75) is 67.5 Å². The molecule has 138 valence electrons. The Morgan fingerprint density at radius 3 is 1.14 bits per heavy atom. The maximum absolute atomic E-state index is 9.34. The average molecular weight is 359 g/mol. The van der Waals surface area contributed by atoms with Crippen LogP contribution < -0.4 is 0 Å². The summed E-state index contributed by atoms with van der Waals surface area (Å²) in [5, 5.41) is 0. The molecule has 0 fully saturated rings. The minimum atomic E-state index is -2.72. The fourth-order valence-corrected chi connectivity index (χ4v) is 3.53. The molecule has 1 unspecified atom stereocenters. The summed E-state index contributed by atoms with van der Waals surface area (Å²) in [6, 6.07) is 0. The Hall–Kier alpha value is 0.194. The van der Waals surface area contributed by atoms with Gasteiger partial charge in [0.05, 0.1) is 0 Å². The molecule has 0 aromatic heterocycles. The number of hydrogen-bond donors (Lipinski definition) is 2. The summed E-state index contributed by atoms with van der Waals surface area (Å²) < 4.78 is 20.0. The molecule has 6 nitrogen and oxygen atoms in total. The van der Waals surface area contributed by atoms with Gasteiger partial charge in [0, 0.05) is 39.5 Å². The summed E-state index contributed by atoms with van der Waals surface area (Å²) >= 11 is 0. The standard InChI is InChI=1S/C6H16O3Si.C5H14O3Si.C3H8/c1-4-6-9-10(3,7)8-5-2;1-4-7-9(3,6)8-5-2;1-3-2/h7H,4-6H2,1-3H3;6H,4-5H2,1-3H3;3H2,1-2H3. The Bertz CT molecular complexity index is 208. The van der Waals surface area contributed by atoms with E-state index in [9.17, 15) is 9.59 Å². The molecule has 0 heterocycles. The van der Waals surface area contributed by atoms with Gasteiger partial charge in [0.2, 0.25) is 0 Å². The van der Waals surface area contributed by atoms with Crippen molar-refractivity contribution in [3.05, 3.63) is 0 Å². The molecule has 0 bridgehead atoms. The van der Waals surface area contributed by atoms with Gasteiger partial charge in [0.15, 0.2) is 0 Å². The van der Waals surface area contributed by atoms with E-state index in [1.165, 1.54) is 6.42 Å². The van der Waals surface area contributed by atoms with Crippen LogP contribution in [0.25, 0.3) is 0 Å². The van der Waals surface area contributed by atoms with Gasteiger partial charge >= 0.3 is 17.6 Å². The molecule has 0 rings (SSSR count). The summed E-state index contributed by atoms with van der Waals surface area (Å²) in [5.41, 5.74) is 0. The van der Waals surface area contributed by atoms with Crippen LogP contribution in [0.2, 0.25) is 13.1 Å². The SMILES string of the molecule is CCC.CCCO[Si](C)(O)OCC.CCO[Si](C)(O)OCC. The second-order valence-electron chi connectivity index (χ2n) is 4.65. The van der Waals surface area contributed by atoms with Crippen molar-refractivity contribution < 1.29 is 27.3 Å². The van der Waals surface area contributed by atoms with Gasteiger partial charge in [0.1, 0.15) is 0 Å². The van der Waals surface area contributed by atoms with Crippen LogP contribution in [0.5, 0.6) is 0 Å². The molecule has 1 atom stereocenters. The smallest absolute Gasteiger partial charge is 0.390 e. The molecule has 8 heteroatoms. The van der Waals surface area contributed by atoms with Crippen LogP contribution in [-0.4, -0.2) is 53.6 Å². The second kappa shape index (κ2) is 17.5. The Morgan fingerprint density at radius 1 is 0.636 bits per heavy atom. The minimum absolute atomic E-state index is 0.513. The van der Waals surface area contributed by atoms with Crippen molar-refractivity contribution in [2.75, 3.05) is 26.4 Å². The Balaban J connectivity index is -0.000000279. The lowest BCUT2D eigenvalue weighted by molar-refractivity contribution is 0.110. The highest BCUT2D eigenvalue weighted by molar-refractivity contribution is 6.57. The van der Waals surface area contributed by atoms with Gasteiger partial charge in [-0.2, -0.15) is 0 Å². The topological polar surface area (TPSA) is 77.4 Å². The molecule has 0 aliphatic rings. The molecular formula is C14H38O6Si2. The molecule has 0 saturated carbocycles. The molecule has 0 aliphatic carbocycles. The summed E-state index contributed by atoms with van der Waals surface area (Å²) in [4.78, 5) is 18.5. The van der Waals surface area contributed by atoms with Gasteiger partial charge in [-0.05, 0) is 27.2 Å². The first-order valence-corrected chi connectivity index (χ1v) is 12.7. The Kier molecular flexibility index (Phi) is 21.6. The molecule has 0 radical (unpaired) electrons. The zero-order valence-corrected chi connectivity index (χ0v) is 17.8. The molecule has 22 heavy (non-hydrogen) atoms. The summed E-state index contributed by atoms with van der Waals surface area (Å²) in [6.07, 6.45) is 2.16. The molecule has 0 amide bonds. The second-order valence-corrected chi connectivity index (χ2v) is 9.40. The maximum atomic E-state index is 9.34. The minimum Gasteiger partial charge on any atom is -0.390 e. The lowest BCUT2D eigenvalue weighted by atomic mass is 10.5. The third-order valence-corrected chi connectivity index (χ3v) is 5.02. The first kappa shape index (κ1) is 27.1. The average Bonchev–Trinajstić information content (AvgIpc) is 2.38. The van der Waals surface area contributed by atoms with Crippen LogP contribution in [0, 0.1) is 0 Å². The highest BCUT2D eigenvalue weighted by Crippen LogP contribution is 2.02. The van der Waals surface area contributed by atoms with Gasteiger partial charge in [-0.25, -0.2) is 0 Å². The zero-order valence-electron chi connectivity index (χ0n) is 15.8. The van der Waals surface area contributed by atoms with E-state index in [1.807, 2.05) is 27.7 Å². The zero-order chi connectivity index (χ0) is 18.1. The normalized spacial score (nSPS) is 13.4. The first-order chi connectivity index (χ1) is 10.2. The van der Waals surface area contributed by atoms with Crippen LogP contribution in [0.3, 0.4) is 0 Å². The molecular weight excluding hydrogens is 320 g/mol. The third kappa shape index (κ3) is 25.2. The van der Waals surface area contributed by atoms with Crippen LogP contribution in [0.4, 0.5) is 0 Å². The summed E-state index contributed by atoms with van der Waals surface area (Å²) in [7, 11) is -5.43. The van der Waals surface area contributed by atoms with E-state index in [-0.39, 0.29) is 0 Å². The number of hydrogen-bond acceptors (Lipinski definition) is 6. The first-order valence-electron chi connectivity index (χ1n) is 8.16. The quantitative estimate of drug-likeness (QED) is 0.617. The Labute approximate surface area is 139 Å². The van der Waals surface area contributed by atoms with E-state index >= 15 is 0 Å². The summed E-state index contributed by atoms with van der Waals surface area (Å²) in [6.45, 7) is 17.1. The molecule has 0 aromatic rings. The van der Waals surface area contributed by atoms with Crippen molar-refractivity contribution in [3.8, 4) is 0 Å². The molecule has 0 aliphatic heterocycles. The molecule has 0 aromatic carbocycles. The molecule has 0 saturated heterocycles. The fourth-order valence-electron chi connectivity index (χ4n) is 1.18. The monoisotopic (exact) mass is 358 g/mol. The lowest BCUT2D eigenvalue weighted by Crippen LogP contribution is -2.39. The predicted octanol–water partition coefficient (Wildman–Crippen LogP) is 3.05. The fraction of sp³-hybridized carbons (Fsp3) is 1.00. The van der Waals surface area contributed by atoms with E-state index < -0.39 is 17.6 Å². The van der Waals surface area contributed by atoms with E-state index in [2.05, 4.69) is 13.8 Å². The highest BCUT2D eigenvalue weighted by Gasteiger charge is 2.28. The van der Waals surface area contributed by atoms with E-state index in [4.69, 9.17) is 17.7 Å². The van der Waals surface area contributed by atoms with E-state index in [1.54, 1.807) is 13.1 Å². The highest BCUT2D eigenvalue weighted by atomic mass is 28.4. The molecule has 0 spiro atoms. The van der Waals surface area contributed by atoms with Crippen molar-refractivity contribution in [1.82, 2.24) is 0 Å².